The van der Waals surface area contributed by atoms with Crippen LogP contribution < -0.4 is 16.6 Å². The number of aliphatic imine (C=N–C) groups is 1. The third-order valence-electron chi connectivity index (χ3n) is 6.82. The van der Waals surface area contributed by atoms with E-state index in [4.69, 9.17) is 24.3 Å². The summed E-state index contributed by atoms with van der Waals surface area (Å²) in [7, 11) is 1.42. The molecule has 0 radical (unpaired) electrons. The van der Waals surface area contributed by atoms with Crippen molar-refractivity contribution in [2.45, 2.75) is 49.5 Å². The summed E-state index contributed by atoms with van der Waals surface area (Å²) in [4.78, 5) is 38.5. The van der Waals surface area contributed by atoms with E-state index in [9.17, 15) is 24.4 Å². The molecular formula is C22H28FN8O9PS. The number of nitrogens with zero attached hydrogens (tertiary/aromatic N) is 5. The summed E-state index contributed by atoms with van der Waals surface area (Å²) in [6, 6.07) is 1.40. The van der Waals surface area contributed by atoms with Crippen molar-refractivity contribution < 1.29 is 42.5 Å². The zero-order chi connectivity index (χ0) is 30.3. The van der Waals surface area contributed by atoms with Crippen LogP contribution in [-0.4, -0.2) is 97.8 Å². The van der Waals surface area contributed by atoms with E-state index < -0.39 is 74.5 Å². The second-order valence-corrected chi connectivity index (χ2v) is 12.3. The lowest BCUT2D eigenvalue weighted by atomic mass is 10.1. The Labute approximate surface area is 241 Å². The highest BCUT2D eigenvalue weighted by Gasteiger charge is 2.48. The lowest BCUT2D eigenvalue weighted by Gasteiger charge is -2.24. The van der Waals surface area contributed by atoms with Crippen molar-refractivity contribution >= 4 is 54.6 Å². The van der Waals surface area contributed by atoms with Crippen molar-refractivity contribution in [3.63, 3.8) is 0 Å². The molecule has 2 fully saturated rings. The molecule has 0 aliphatic carbocycles. The van der Waals surface area contributed by atoms with Crippen LogP contribution in [0, 0.1) is 0 Å². The van der Waals surface area contributed by atoms with Gasteiger partial charge in [-0.15, -0.1) is 0 Å². The van der Waals surface area contributed by atoms with Gasteiger partial charge in [-0.05, 0) is 12.8 Å². The minimum absolute atomic E-state index is 0.0231. The fourth-order valence-corrected chi connectivity index (χ4v) is 6.35. The van der Waals surface area contributed by atoms with Crippen LogP contribution in [0.3, 0.4) is 0 Å². The highest BCUT2D eigenvalue weighted by atomic mass is 32.7. The largest absolute Gasteiger partial charge is 0.394 e. The Balaban J connectivity index is 1.29. The first-order valence-electron chi connectivity index (χ1n) is 12.5. The number of H-pyrrole nitrogens is 1. The fourth-order valence-electron chi connectivity index (χ4n) is 4.86. The van der Waals surface area contributed by atoms with Gasteiger partial charge in [0.1, 0.15) is 24.1 Å². The molecular weight excluding hydrogens is 602 g/mol. The summed E-state index contributed by atoms with van der Waals surface area (Å²) < 4.78 is 53.4. The van der Waals surface area contributed by atoms with Crippen LogP contribution in [-0.2, 0) is 23.1 Å². The number of aliphatic hydroxyl groups is 2. The normalized spacial score (nSPS) is 29.1. The van der Waals surface area contributed by atoms with Crippen molar-refractivity contribution in [2.75, 3.05) is 26.0 Å². The standard InChI is InChI=1S/C22H28FN8O9PS/c1-25-16-10(18(34)26-2)3-4-30(16)21-13(23)15(33)12(39-21)7-37-41(36,42)40-11-5-9(6-32)38-20(11)31-8-27-14-17(31)28-22(24)29-19(14)35/h3-4,8-9,11-13,15,20-21,32-33H,1,5-7H2,2H3,(H,26,34)(H,36,42)(H3,24,28,29,35)/t9-,11+,12+,13-,15+,20+,21+,41+/m0/s1. The van der Waals surface area contributed by atoms with Crippen LogP contribution in [0.2, 0.25) is 0 Å². The monoisotopic (exact) mass is 630 g/mol. The van der Waals surface area contributed by atoms with Crippen LogP contribution >= 0.6 is 19.0 Å². The van der Waals surface area contributed by atoms with Gasteiger partial charge in [-0.2, -0.15) is 4.98 Å². The van der Waals surface area contributed by atoms with Gasteiger partial charge in [-0.1, -0.05) is 12.2 Å². The third kappa shape index (κ3) is 5.61. The van der Waals surface area contributed by atoms with Crippen molar-refractivity contribution in [1.29, 1.82) is 0 Å². The zero-order valence-electron chi connectivity index (χ0n) is 21.9. The second kappa shape index (κ2) is 11.8. The van der Waals surface area contributed by atoms with Gasteiger partial charge in [0, 0.05) is 19.7 Å². The number of nitrogen functional groups attached to an aromatic ring is 1. The molecule has 20 heteroatoms. The third-order valence-corrected chi connectivity index (χ3v) is 8.46. The van der Waals surface area contributed by atoms with E-state index in [1.165, 1.54) is 34.8 Å². The Kier molecular flexibility index (Phi) is 8.55. The molecule has 228 valence electrons. The number of aromatic amines is 1. The number of nitrogens with two attached hydrogens (primary N) is 1. The number of anilines is 1. The average Bonchev–Trinajstić information content (AvgIpc) is 3.72. The van der Waals surface area contributed by atoms with Crippen LogP contribution in [0.1, 0.15) is 29.2 Å². The summed E-state index contributed by atoms with van der Waals surface area (Å²) in [5.74, 6) is -0.632. The van der Waals surface area contributed by atoms with Crippen LogP contribution in [0.5, 0.6) is 0 Å². The first-order chi connectivity index (χ1) is 20.0. The number of thiol groups is 1. The molecule has 17 nitrogen and oxygen atoms in total. The summed E-state index contributed by atoms with van der Waals surface area (Å²) in [6.07, 6.45) is -6.57. The molecule has 3 aromatic rings. The maximum absolute atomic E-state index is 15.1. The van der Waals surface area contributed by atoms with Crippen LogP contribution in [0.15, 0.2) is 28.4 Å². The van der Waals surface area contributed by atoms with Crippen LogP contribution in [0.4, 0.5) is 16.2 Å². The number of hydrogen-bond donors (Lipinski definition) is 6. The van der Waals surface area contributed by atoms with Gasteiger partial charge in [0.05, 0.1) is 31.2 Å². The van der Waals surface area contributed by atoms with E-state index in [1.54, 1.807) is 0 Å². The van der Waals surface area contributed by atoms with Gasteiger partial charge in [0.15, 0.2) is 29.8 Å². The number of amides is 1. The maximum atomic E-state index is 15.1. The molecule has 2 saturated heterocycles. The Morgan fingerprint density at radius 3 is 2.88 bits per heavy atom. The summed E-state index contributed by atoms with van der Waals surface area (Å²) in [5.41, 5.74) is 5.22. The maximum Gasteiger partial charge on any atom is 0.386 e. The molecule has 5 heterocycles. The number of imidazole rings is 1. The highest BCUT2D eigenvalue weighted by Crippen LogP contribution is 2.57. The van der Waals surface area contributed by atoms with Crippen molar-refractivity contribution in [2.24, 2.45) is 4.99 Å². The molecule has 0 spiro atoms. The Hall–Kier alpha value is -3.16. The number of aromatic nitrogens is 5. The molecule has 0 saturated carbocycles. The number of carbonyl (C=O) groups is 1. The molecule has 0 unspecified atom stereocenters. The highest BCUT2D eigenvalue weighted by molar-refractivity contribution is 8.44. The molecule has 8 atom stereocenters. The summed E-state index contributed by atoms with van der Waals surface area (Å²) in [6.45, 7) is -1.81. The van der Waals surface area contributed by atoms with Crippen molar-refractivity contribution in [1.82, 2.24) is 29.4 Å². The molecule has 2 aliphatic heterocycles. The Morgan fingerprint density at radius 2 is 2.19 bits per heavy atom. The predicted molar refractivity (Wildman–Crippen MR) is 147 cm³/mol. The smallest absolute Gasteiger partial charge is 0.386 e. The first-order valence-corrected chi connectivity index (χ1v) is 15.2. The van der Waals surface area contributed by atoms with Gasteiger partial charge in [-0.25, -0.2) is 18.9 Å². The zero-order valence-corrected chi connectivity index (χ0v) is 23.7. The van der Waals surface area contributed by atoms with Gasteiger partial charge in [-0.3, -0.25) is 28.2 Å². The van der Waals surface area contributed by atoms with E-state index in [0.717, 1.165) is 0 Å². The lowest BCUT2D eigenvalue weighted by molar-refractivity contribution is -0.0531. The van der Waals surface area contributed by atoms with E-state index in [0.29, 0.717) is 0 Å². The Bertz CT molecular complexity index is 1600. The number of rotatable bonds is 10. The predicted octanol–water partition coefficient (Wildman–Crippen LogP) is 0.211. The SMILES string of the molecule is C=Nc1c(C(=O)NC)ccn1[C@@H]1O[C@H](CO[P@@](=O)(S)O[C@@H]2C[C@@H](CO)O[C@H]2n2cnc3c(=O)[nH]c(N)nc32)[C@@H](O)[C@@H]1F. The molecule has 0 aromatic carbocycles. The van der Waals surface area contributed by atoms with E-state index in [-0.39, 0.29) is 34.9 Å². The molecule has 3 aromatic heterocycles. The summed E-state index contributed by atoms with van der Waals surface area (Å²) in [5, 5.41) is 22.6. The van der Waals surface area contributed by atoms with Gasteiger partial charge in [0.2, 0.25) is 5.95 Å². The quantitative estimate of drug-likeness (QED) is 0.100. The number of alkyl halides is 1. The number of aliphatic hydroxyl groups excluding tert-OH is 2. The molecule has 0 bridgehead atoms. The number of carbonyl (C=O) groups excluding carboxylic acids is 1. The van der Waals surface area contributed by atoms with Crippen molar-refractivity contribution in [3.8, 4) is 0 Å². The topological polar surface area (TPSA) is 230 Å². The molecule has 2 aliphatic rings. The minimum atomic E-state index is -4.23. The van der Waals surface area contributed by atoms with E-state index in [1.807, 2.05) is 0 Å². The number of nitrogens with one attached hydrogen (secondary N) is 2. The molecule has 6 N–H and O–H groups in total. The van der Waals surface area contributed by atoms with Crippen LogP contribution in [0.25, 0.3) is 11.2 Å². The van der Waals surface area contributed by atoms with Crippen molar-refractivity contribution in [3.05, 3.63) is 34.5 Å². The lowest BCUT2D eigenvalue weighted by Crippen LogP contribution is -2.31. The second-order valence-electron chi connectivity index (χ2n) is 9.45. The average molecular weight is 631 g/mol. The van der Waals surface area contributed by atoms with E-state index >= 15 is 4.39 Å². The number of fused-ring (bicyclic) bond motifs is 1. The number of halogens is 1. The van der Waals surface area contributed by atoms with Gasteiger partial charge >= 0.3 is 6.80 Å². The fraction of sp³-hybridized carbons (Fsp3) is 0.500. The molecule has 5 rings (SSSR count). The van der Waals surface area contributed by atoms with Gasteiger partial charge in [0.25, 0.3) is 11.5 Å². The first kappa shape index (κ1) is 30.3. The molecule has 1 amide bonds. The summed E-state index contributed by atoms with van der Waals surface area (Å²) >= 11 is 4.02. The Morgan fingerprint density at radius 1 is 1.43 bits per heavy atom. The number of hydrogen-bond acceptors (Lipinski definition) is 13. The minimum Gasteiger partial charge on any atom is -0.394 e. The molecule has 42 heavy (non-hydrogen) atoms. The van der Waals surface area contributed by atoms with Gasteiger partial charge < -0.3 is 35.3 Å². The van der Waals surface area contributed by atoms with E-state index in [2.05, 4.69) is 44.2 Å². The number of ether oxygens (including phenoxy) is 2.